The molecule has 0 unspecified atom stereocenters. The zero-order valence-corrected chi connectivity index (χ0v) is 5.66. The van der Waals surface area contributed by atoms with Crippen molar-refractivity contribution in [3.63, 3.8) is 0 Å². The first-order valence-electron chi connectivity index (χ1n) is 3.90. The minimum Gasteiger partial charge on any atom is -0.366 e. The maximum atomic E-state index is 11.1. The van der Waals surface area contributed by atoms with Crippen LogP contribution in [-0.4, -0.2) is 5.91 Å². The Morgan fingerprint density at radius 2 is 2.30 bits per heavy atom. The topological polar surface area (TPSA) is 43.1 Å². The Morgan fingerprint density at radius 3 is 2.90 bits per heavy atom. The molecule has 52 valence electrons. The zero-order valence-electron chi connectivity index (χ0n) is 7.66. The molecule has 10 heavy (non-hydrogen) atoms. The molecule has 0 saturated heterocycles. The fourth-order valence-electron chi connectivity index (χ4n) is 0.813. The summed E-state index contributed by atoms with van der Waals surface area (Å²) in [7, 11) is 0. The van der Waals surface area contributed by atoms with E-state index in [0.717, 1.165) is 5.56 Å². The lowest BCUT2D eigenvalue weighted by Crippen LogP contribution is -2.12. The minimum atomic E-state index is -0.604. The molecule has 0 aliphatic rings. The molecule has 0 aliphatic heterocycles. The Labute approximate surface area is 62.6 Å². The molecule has 1 amide bonds. The molecule has 2 N–H and O–H groups in total. The molecule has 1 rings (SSSR count). The van der Waals surface area contributed by atoms with Gasteiger partial charge in [0.1, 0.15) is 0 Å². The lowest BCUT2D eigenvalue weighted by atomic mass is 10.1. The van der Waals surface area contributed by atoms with Crippen molar-refractivity contribution in [1.82, 2.24) is 0 Å². The SMILES string of the molecule is [2H]N([2H])C(=O)c1ccccc1C. The average molecular weight is 137 g/mol. The van der Waals surface area contributed by atoms with Crippen LogP contribution in [0, 0.1) is 6.92 Å². The highest BCUT2D eigenvalue weighted by molar-refractivity contribution is 5.94. The first-order valence-corrected chi connectivity index (χ1v) is 3.01. The maximum Gasteiger partial charge on any atom is 0.248 e. The van der Waals surface area contributed by atoms with E-state index in [1.807, 2.05) is 6.07 Å². The highest BCUT2D eigenvalue weighted by Gasteiger charge is 2.00. The van der Waals surface area contributed by atoms with Crippen LogP contribution in [0.2, 0.25) is 2.82 Å². The highest BCUT2D eigenvalue weighted by Crippen LogP contribution is 2.04. The predicted octanol–water partition coefficient (Wildman–Crippen LogP) is 1.09. The summed E-state index contributed by atoms with van der Waals surface area (Å²) in [5.74, 6) is -0.604. The van der Waals surface area contributed by atoms with Crippen LogP contribution in [0.15, 0.2) is 24.3 Å². The number of nitrogens with two attached hydrogens (primary N) is 1. The third-order valence-corrected chi connectivity index (χ3v) is 1.38. The molecule has 2 nitrogen and oxygen atoms in total. The summed E-state index contributed by atoms with van der Waals surface area (Å²) in [6.07, 6.45) is 0. The van der Waals surface area contributed by atoms with Crippen molar-refractivity contribution in [3.05, 3.63) is 35.4 Å². The molecule has 2 heteroatoms. The number of hydrogen-bond acceptors (Lipinski definition) is 1. The molecule has 0 aromatic heterocycles. The van der Waals surface area contributed by atoms with Gasteiger partial charge in [-0.25, -0.2) is 0 Å². The number of hydrogen-bond donors (Lipinski definition) is 1. The van der Waals surface area contributed by atoms with Crippen LogP contribution in [-0.2, 0) is 0 Å². The Morgan fingerprint density at radius 1 is 1.60 bits per heavy atom. The third-order valence-electron chi connectivity index (χ3n) is 1.38. The van der Waals surface area contributed by atoms with Gasteiger partial charge in [0, 0.05) is 5.56 Å². The minimum absolute atomic E-state index is 0.0856. The van der Waals surface area contributed by atoms with E-state index in [9.17, 15) is 4.79 Å². The molecular formula is C8H9NO. The second kappa shape index (κ2) is 2.52. The fraction of sp³-hybridized carbons (Fsp3) is 0.125. The van der Waals surface area contributed by atoms with Gasteiger partial charge in [-0.15, -0.1) is 0 Å². The molecule has 0 saturated carbocycles. The van der Waals surface area contributed by atoms with Crippen molar-refractivity contribution >= 4 is 5.91 Å². The van der Waals surface area contributed by atoms with Crippen LogP contribution < -0.4 is 5.72 Å². The molecule has 1 aromatic rings. The van der Waals surface area contributed by atoms with Crippen LogP contribution in [0.3, 0.4) is 0 Å². The summed E-state index contributed by atoms with van der Waals surface area (Å²) in [5.41, 5.74) is 1.28. The third kappa shape index (κ3) is 1.16. The van der Waals surface area contributed by atoms with Crippen LogP contribution in [0.25, 0.3) is 0 Å². The van der Waals surface area contributed by atoms with Crippen molar-refractivity contribution in [2.24, 2.45) is 5.72 Å². The molecule has 0 spiro atoms. The van der Waals surface area contributed by atoms with Gasteiger partial charge in [0.25, 0.3) is 0 Å². The smallest absolute Gasteiger partial charge is 0.248 e. The highest BCUT2D eigenvalue weighted by atomic mass is 16.1. The van der Waals surface area contributed by atoms with E-state index >= 15 is 0 Å². The van der Waals surface area contributed by atoms with E-state index in [1.165, 1.54) is 0 Å². The van der Waals surface area contributed by atoms with Gasteiger partial charge >= 0.3 is 0 Å². The molecule has 0 heterocycles. The van der Waals surface area contributed by atoms with Crippen molar-refractivity contribution in [1.29, 1.82) is 0 Å². The van der Waals surface area contributed by atoms with Crippen molar-refractivity contribution in [2.75, 3.05) is 0 Å². The molecule has 0 fully saturated rings. The van der Waals surface area contributed by atoms with Crippen LogP contribution >= 0.6 is 0 Å². The molecular weight excluding hydrogens is 126 g/mol. The van der Waals surface area contributed by atoms with E-state index in [4.69, 9.17) is 2.82 Å². The van der Waals surface area contributed by atoms with Gasteiger partial charge in [0.05, 0.1) is 0 Å². The van der Waals surface area contributed by atoms with Crippen LogP contribution in [0.5, 0.6) is 0 Å². The van der Waals surface area contributed by atoms with E-state index in [1.54, 1.807) is 25.1 Å². The van der Waals surface area contributed by atoms with Gasteiger partial charge in [-0.05, 0) is 18.6 Å². The van der Waals surface area contributed by atoms with Crippen molar-refractivity contribution in [2.45, 2.75) is 6.92 Å². The number of aryl methyl sites for hydroxylation is 1. The molecule has 0 aliphatic carbocycles. The van der Waals surface area contributed by atoms with Gasteiger partial charge in [0.15, 0.2) is 2.82 Å². The van der Waals surface area contributed by atoms with Gasteiger partial charge < -0.3 is 5.72 Å². The number of benzene rings is 1. The van der Waals surface area contributed by atoms with Crippen LogP contribution in [0.4, 0.5) is 0 Å². The number of rotatable bonds is 1. The number of amides is 1. The molecule has 0 atom stereocenters. The maximum absolute atomic E-state index is 11.1. The van der Waals surface area contributed by atoms with E-state index in [-0.39, 0.29) is 5.72 Å². The normalized spacial score (nSPS) is 11.7. The summed E-state index contributed by atoms with van der Waals surface area (Å²) in [5, 5.41) is 0. The summed E-state index contributed by atoms with van der Waals surface area (Å²) >= 11 is 0. The Kier molecular flexibility index (Phi) is 1.13. The zero-order chi connectivity index (χ0) is 9.14. The Bertz CT molecular complexity index is 299. The van der Waals surface area contributed by atoms with E-state index < -0.39 is 5.91 Å². The number of primary amides is 1. The van der Waals surface area contributed by atoms with Gasteiger partial charge in [0.2, 0.25) is 5.91 Å². The summed E-state index contributed by atoms with van der Waals surface area (Å²) < 4.78 is 13.5. The second-order valence-corrected chi connectivity index (χ2v) is 2.12. The van der Waals surface area contributed by atoms with Crippen LogP contribution in [0.1, 0.15) is 15.9 Å². The molecule has 0 radical (unpaired) electrons. The summed E-state index contributed by atoms with van der Waals surface area (Å²) in [4.78, 5) is 11.1. The Hall–Kier alpha value is -1.31. The summed E-state index contributed by atoms with van der Waals surface area (Å²) in [6.45, 7) is 1.77. The van der Waals surface area contributed by atoms with Gasteiger partial charge in [-0.1, -0.05) is 18.2 Å². The first kappa shape index (κ1) is 4.50. The largest absolute Gasteiger partial charge is 0.366 e. The average Bonchev–Trinajstić information content (AvgIpc) is 2.04. The summed E-state index contributed by atoms with van der Waals surface area (Å²) in [6, 6.07) is 6.90. The van der Waals surface area contributed by atoms with Gasteiger partial charge in [-0.3, -0.25) is 4.79 Å². The number of carbonyl (C=O) groups is 1. The van der Waals surface area contributed by atoms with E-state index in [0.29, 0.717) is 5.56 Å². The van der Waals surface area contributed by atoms with Gasteiger partial charge in [-0.2, -0.15) is 0 Å². The lowest BCUT2D eigenvalue weighted by molar-refractivity contribution is 0.1000. The quantitative estimate of drug-likeness (QED) is 0.618. The van der Waals surface area contributed by atoms with E-state index in [2.05, 4.69) is 0 Å². The molecule has 1 aromatic carbocycles. The van der Waals surface area contributed by atoms with Crippen molar-refractivity contribution < 1.29 is 7.62 Å². The lowest BCUT2D eigenvalue weighted by Gasteiger charge is -1.97. The standard InChI is InChI=1S/C8H9NO/c1-6-4-2-3-5-7(6)8(9)10/h2-5H,1H3,(H2,9,10)/i/hD2. The first-order chi connectivity index (χ1) is 5.63. The van der Waals surface area contributed by atoms with Crippen molar-refractivity contribution in [3.8, 4) is 0 Å². The number of carbonyl (C=O) groups excluding carboxylic acids is 1. The molecule has 0 bridgehead atoms. The fourth-order valence-corrected chi connectivity index (χ4v) is 0.813. The second-order valence-electron chi connectivity index (χ2n) is 2.12. The Balaban J connectivity index is 3.03. The monoisotopic (exact) mass is 137 g/mol. The predicted molar refractivity (Wildman–Crippen MR) is 39.7 cm³/mol.